The van der Waals surface area contributed by atoms with E-state index in [1.165, 1.54) is 4.90 Å². The predicted molar refractivity (Wildman–Crippen MR) is 68.7 cm³/mol. The highest BCUT2D eigenvalue weighted by Gasteiger charge is 2.56. The second kappa shape index (κ2) is 3.72. The average Bonchev–Trinajstić information content (AvgIpc) is 3.11. The van der Waals surface area contributed by atoms with Gasteiger partial charge in [0.2, 0.25) is 5.91 Å². The Labute approximate surface area is 110 Å². The van der Waals surface area contributed by atoms with Crippen LogP contribution in [0.2, 0.25) is 5.02 Å². The minimum absolute atomic E-state index is 0.105. The van der Waals surface area contributed by atoms with Gasteiger partial charge in [0, 0.05) is 11.6 Å². The molecular formula is C13H13ClN2O2. The van der Waals surface area contributed by atoms with Gasteiger partial charge in [0.1, 0.15) is 0 Å². The highest BCUT2D eigenvalue weighted by atomic mass is 35.5. The van der Waals surface area contributed by atoms with Crippen LogP contribution in [0.1, 0.15) is 18.4 Å². The second-order valence-corrected chi connectivity index (χ2v) is 5.42. The number of rotatable bonds is 1. The molecule has 3 amide bonds. The van der Waals surface area contributed by atoms with Gasteiger partial charge in [-0.15, -0.1) is 0 Å². The highest BCUT2D eigenvalue weighted by Crippen LogP contribution is 2.48. The van der Waals surface area contributed by atoms with E-state index in [4.69, 9.17) is 11.6 Å². The third-order valence-electron chi connectivity index (χ3n) is 3.71. The Morgan fingerprint density at radius 3 is 2.67 bits per heavy atom. The fourth-order valence-corrected chi connectivity index (χ4v) is 2.40. The zero-order valence-corrected chi connectivity index (χ0v) is 10.8. The number of carbonyl (C=O) groups is 2. The van der Waals surface area contributed by atoms with Crippen LogP contribution in [0.4, 0.5) is 10.5 Å². The smallest absolute Gasteiger partial charge is 0.328 e. The number of nitrogens with one attached hydrogen (secondary N) is 1. The molecule has 94 valence electrons. The van der Waals surface area contributed by atoms with Crippen molar-refractivity contribution in [2.45, 2.75) is 19.8 Å². The van der Waals surface area contributed by atoms with E-state index in [2.05, 4.69) is 5.32 Å². The first kappa shape index (κ1) is 11.5. The number of nitrogens with zero attached hydrogens (tertiary/aromatic N) is 1. The SMILES string of the molecule is Cc1ccc(N2C(=O)NCC3(CC3)C2=O)cc1Cl. The van der Waals surface area contributed by atoms with Crippen molar-refractivity contribution < 1.29 is 9.59 Å². The summed E-state index contributed by atoms with van der Waals surface area (Å²) in [6, 6.07) is 4.86. The van der Waals surface area contributed by atoms with E-state index in [0.29, 0.717) is 17.3 Å². The number of hydrogen-bond donors (Lipinski definition) is 1. The van der Waals surface area contributed by atoms with E-state index in [-0.39, 0.29) is 17.4 Å². The Hall–Kier alpha value is -1.55. The van der Waals surface area contributed by atoms with Gasteiger partial charge in [-0.3, -0.25) is 4.79 Å². The predicted octanol–water partition coefficient (Wildman–Crippen LogP) is 2.48. The van der Waals surface area contributed by atoms with Crippen molar-refractivity contribution in [1.29, 1.82) is 0 Å². The molecule has 5 heteroatoms. The van der Waals surface area contributed by atoms with Gasteiger partial charge in [-0.2, -0.15) is 0 Å². The monoisotopic (exact) mass is 264 g/mol. The molecule has 1 aromatic carbocycles. The van der Waals surface area contributed by atoms with E-state index in [9.17, 15) is 9.59 Å². The van der Waals surface area contributed by atoms with Crippen molar-refractivity contribution in [3.05, 3.63) is 28.8 Å². The number of anilines is 1. The maximum Gasteiger partial charge on any atom is 0.328 e. The number of aryl methyl sites for hydroxylation is 1. The molecule has 0 unspecified atom stereocenters. The van der Waals surface area contributed by atoms with Gasteiger partial charge in [-0.05, 0) is 37.5 Å². The summed E-state index contributed by atoms with van der Waals surface area (Å²) in [6.45, 7) is 2.34. The summed E-state index contributed by atoms with van der Waals surface area (Å²) in [5, 5.41) is 3.33. The Balaban J connectivity index is 2.00. The average molecular weight is 265 g/mol. The number of halogens is 1. The summed E-state index contributed by atoms with van der Waals surface area (Å²) < 4.78 is 0. The molecule has 1 aliphatic carbocycles. The van der Waals surface area contributed by atoms with E-state index >= 15 is 0 Å². The van der Waals surface area contributed by atoms with Gasteiger partial charge < -0.3 is 5.32 Å². The molecule has 0 atom stereocenters. The van der Waals surface area contributed by atoms with Crippen molar-refractivity contribution in [3.8, 4) is 0 Å². The minimum Gasteiger partial charge on any atom is -0.336 e. The third kappa shape index (κ3) is 1.60. The lowest BCUT2D eigenvalue weighted by molar-refractivity contribution is -0.123. The quantitative estimate of drug-likeness (QED) is 0.847. The van der Waals surface area contributed by atoms with Crippen LogP contribution < -0.4 is 10.2 Å². The Morgan fingerprint density at radius 1 is 1.33 bits per heavy atom. The lowest BCUT2D eigenvalue weighted by Crippen LogP contribution is -2.56. The molecule has 1 N–H and O–H groups in total. The molecule has 2 aliphatic rings. The van der Waals surface area contributed by atoms with Crippen molar-refractivity contribution in [3.63, 3.8) is 0 Å². The number of carbonyl (C=O) groups excluding carboxylic acids is 2. The Bertz CT molecular complexity index is 552. The molecule has 0 radical (unpaired) electrons. The summed E-state index contributed by atoms with van der Waals surface area (Å²) in [7, 11) is 0. The maximum absolute atomic E-state index is 12.3. The zero-order chi connectivity index (χ0) is 12.9. The molecule has 0 bridgehead atoms. The van der Waals surface area contributed by atoms with E-state index in [0.717, 1.165) is 18.4 Å². The van der Waals surface area contributed by atoms with Crippen LogP contribution in [0.25, 0.3) is 0 Å². The van der Waals surface area contributed by atoms with E-state index in [1.807, 2.05) is 13.0 Å². The third-order valence-corrected chi connectivity index (χ3v) is 4.11. The van der Waals surface area contributed by atoms with Gasteiger partial charge in [0.25, 0.3) is 0 Å². The van der Waals surface area contributed by atoms with Gasteiger partial charge in [0.15, 0.2) is 0 Å². The van der Waals surface area contributed by atoms with Crippen molar-refractivity contribution in [1.82, 2.24) is 5.32 Å². The largest absolute Gasteiger partial charge is 0.336 e. The van der Waals surface area contributed by atoms with Crippen LogP contribution in [0, 0.1) is 12.3 Å². The summed E-state index contributed by atoms with van der Waals surface area (Å²) in [5.41, 5.74) is 1.11. The van der Waals surface area contributed by atoms with Crippen molar-refractivity contribution >= 4 is 29.2 Å². The molecule has 3 rings (SSSR count). The second-order valence-electron chi connectivity index (χ2n) is 5.01. The van der Waals surface area contributed by atoms with Crippen molar-refractivity contribution in [2.75, 3.05) is 11.4 Å². The lowest BCUT2D eigenvalue weighted by Gasteiger charge is -2.31. The standard InChI is InChI=1S/C13H13ClN2O2/c1-8-2-3-9(6-10(8)14)16-11(17)13(4-5-13)7-15-12(16)18/h2-3,6H,4-5,7H2,1H3,(H,15,18). The van der Waals surface area contributed by atoms with Gasteiger partial charge in [0.05, 0.1) is 11.1 Å². The number of amides is 3. The van der Waals surface area contributed by atoms with E-state index < -0.39 is 0 Å². The summed E-state index contributed by atoms with van der Waals surface area (Å²) in [4.78, 5) is 25.4. The van der Waals surface area contributed by atoms with Crippen LogP contribution >= 0.6 is 11.6 Å². The van der Waals surface area contributed by atoms with Crippen molar-refractivity contribution in [2.24, 2.45) is 5.41 Å². The van der Waals surface area contributed by atoms with Crippen LogP contribution in [-0.2, 0) is 4.79 Å². The topological polar surface area (TPSA) is 49.4 Å². The fraction of sp³-hybridized carbons (Fsp3) is 0.385. The van der Waals surface area contributed by atoms with Crippen LogP contribution in [-0.4, -0.2) is 18.5 Å². The molecule has 2 fully saturated rings. The summed E-state index contributed by atoms with van der Waals surface area (Å²) >= 11 is 6.05. The molecule has 1 aliphatic heterocycles. The lowest BCUT2D eigenvalue weighted by atomic mass is 10.0. The van der Waals surface area contributed by atoms with E-state index in [1.54, 1.807) is 12.1 Å². The zero-order valence-electron chi connectivity index (χ0n) is 10.00. The number of benzene rings is 1. The van der Waals surface area contributed by atoms with Crippen LogP contribution in [0.3, 0.4) is 0 Å². The van der Waals surface area contributed by atoms with Crippen LogP contribution in [0.15, 0.2) is 18.2 Å². The molecule has 0 aromatic heterocycles. The Kier molecular flexibility index (Phi) is 2.38. The molecule has 1 spiro atoms. The van der Waals surface area contributed by atoms with Gasteiger partial charge in [-0.1, -0.05) is 17.7 Å². The Morgan fingerprint density at radius 2 is 2.06 bits per heavy atom. The molecule has 1 saturated carbocycles. The fourth-order valence-electron chi connectivity index (χ4n) is 2.23. The molecule has 1 saturated heterocycles. The molecule has 1 heterocycles. The normalized spacial score (nSPS) is 21.1. The number of imide groups is 1. The molecule has 18 heavy (non-hydrogen) atoms. The molecule has 4 nitrogen and oxygen atoms in total. The first-order valence-electron chi connectivity index (χ1n) is 5.92. The summed E-state index contributed by atoms with van der Waals surface area (Å²) in [5.74, 6) is -0.105. The summed E-state index contributed by atoms with van der Waals surface area (Å²) in [6.07, 6.45) is 1.70. The highest BCUT2D eigenvalue weighted by molar-refractivity contribution is 6.32. The minimum atomic E-state index is -0.363. The number of hydrogen-bond acceptors (Lipinski definition) is 2. The maximum atomic E-state index is 12.3. The van der Waals surface area contributed by atoms with Gasteiger partial charge in [-0.25, -0.2) is 9.69 Å². The van der Waals surface area contributed by atoms with Crippen LogP contribution in [0.5, 0.6) is 0 Å². The first-order valence-corrected chi connectivity index (χ1v) is 6.30. The molecule has 1 aromatic rings. The first-order chi connectivity index (χ1) is 8.53. The molecular weight excluding hydrogens is 252 g/mol. The van der Waals surface area contributed by atoms with Gasteiger partial charge >= 0.3 is 6.03 Å². The number of urea groups is 1.